The number of aliphatic hydroxyl groups is 3. The van der Waals surface area contributed by atoms with Crippen molar-refractivity contribution in [2.75, 3.05) is 6.61 Å². The predicted octanol–water partition coefficient (Wildman–Crippen LogP) is 9.87. The maximum Gasteiger partial charge on any atom is 0.249 e. The van der Waals surface area contributed by atoms with Crippen LogP contribution in [0.4, 0.5) is 0 Å². The quantitative estimate of drug-likeness (QED) is 0.0441. The molecule has 3 atom stereocenters. The van der Waals surface area contributed by atoms with Gasteiger partial charge in [0.25, 0.3) is 0 Å². The van der Waals surface area contributed by atoms with Crippen LogP contribution in [0.2, 0.25) is 0 Å². The van der Waals surface area contributed by atoms with Gasteiger partial charge in [-0.25, -0.2) is 0 Å². The molecule has 1 amide bonds. The number of amides is 1. The first kappa shape index (κ1) is 41.8. The Bertz CT molecular complexity index is 635. The van der Waals surface area contributed by atoms with Gasteiger partial charge in [0.1, 0.15) is 6.10 Å². The van der Waals surface area contributed by atoms with Gasteiger partial charge in [0, 0.05) is 0 Å². The molecule has 0 aromatic rings. The van der Waals surface area contributed by atoms with Crippen molar-refractivity contribution >= 4 is 5.91 Å². The Hall–Kier alpha value is -1.17. The topological polar surface area (TPSA) is 89.8 Å². The molecule has 43 heavy (non-hydrogen) atoms. The predicted molar refractivity (Wildman–Crippen MR) is 185 cm³/mol. The smallest absolute Gasteiger partial charge is 0.249 e. The molecular formula is C38H73NO4. The van der Waals surface area contributed by atoms with Crippen LogP contribution in [-0.4, -0.2) is 46.1 Å². The largest absolute Gasteiger partial charge is 0.394 e. The van der Waals surface area contributed by atoms with Crippen LogP contribution in [-0.2, 0) is 4.79 Å². The second-order valence-electron chi connectivity index (χ2n) is 12.8. The van der Waals surface area contributed by atoms with E-state index >= 15 is 0 Å². The minimum atomic E-state index is -1.10. The highest BCUT2D eigenvalue weighted by molar-refractivity contribution is 5.80. The number of carbonyl (C=O) groups excluding carboxylic acids is 1. The number of hydrogen-bond acceptors (Lipinski definition) is 4. The van der Waals surface area contributed by atoms with Crippen LogP contribution in [0.15, 0.2) is 24.3 Å². The molecule has 0 aliphatic rings. The lowest BCUT2D eigenvalue weighted by atomic mass is 10.0. The number of unbranched alkanes of at least 4 members (excludes halogenated alkanes) is 23. The van der Waals surface area contributed by atoms with Crippen LogP contribution in [0.25, 0.3) is 0 Å². The summed E-state index contributed by atoms with van der Waals surface area (Å²) in [5.74, 6) is -0.513. The molecule has 0 saturated heterocycles. The Balaban J connectivity index is 3.75. The summed E-state index contributed by atoms with van der Waals surface area (Å²) in [7, 11) is 0. The SMILES string of the molecule is CCCCCCCCCCC/C=C\CCCCCCC(O)C(=O)NC(CO)C(O)/C=C/CCCCCCCCCCCC. The van der Waals surface area contributed by atoms with Gasteiger partial charge >= 0.3 is 0 Å². The Kier molecular flexibility index (Phi) is 32.8. The van der Waals surface area contributed by atoms with Crippen molar-refractivity contribution in [2.24, 2.45) is 0 Å². The fourth-order valence-electron chi connectivity index (χ4n) is 5.53. The van der Waals surface area contributed by atoms with E-state index in [0.717, 1.165) is 44.9 Å². The zero-order chi connectivity index (χ0) is 31.6. The second kappa shape index (κ2) is 33.7. The molecule has 0 spiro atoms. The molecule has 0 rings (SSSR count). The number of allylic oxidation sites excluding steroid dienone is 3. The van der Waals surface area contributed by atoms with Crippen molar-refractivity contribution in [1.82, 2.24) is 5.32 Å². The number of nitrogens with one attached hydrogen (secondary N) is 1. The first-order valence-electron chi connectivity index (χ1n) is 18.7. The normalized spacial score (nSPS) is 14.1. The molecule has 0 radical (unpaired) electrons. The van der Waals surface area contributed by atoms with Gasteiger partial charge in [0.05, 0.1) is 18.8 Å². The lowest BCUT2D eigenvalue weighted by Crippen LogP contribution is -2.48. The van der Waals surface area contributed by atoms with E-state index in [2.05, 4.69) is 31.3 Å². The number of hydrogen-bond donors (Lipinski definition) is 4. The van der Waals surface area contributed by atoms with Gasteiger partial charge in [-0.05, 0) is 44.9 Å². The fourth-order valence-corrected chi connectivity index (χ4v) is 5.53. The van der Waals surface area contributed by atoms with Gasteiger partial charge < -0.3 is 20.6 Å². The zero-order valence-corrected chi connectivity index (χ0v) is 28.6. The molecule has 0 saturated carbocycles. The zero-order valence-electron chi connectivity index (χ0n) is 28.6. The van der Waals surface area contributed by atoms with Crippen LogP contribution < -0.4 is 5.32 Å². The first-order valence-corrected chi connectivity index (χ1v) is 18.7. The molecule has 4 N–H and O–H groups in total. The van der Waals surface area contributed by atoms with E-state index in [1.54, 1.807) is 6.08 Å². The van der Waals surface area contributed by atoms with E-state index in [-0.39, 0.29) is 6.61 Å². The molecule has 3 unspecified atom stereocenters. The summed E-state index contributed by atoms with van der Waals surface area (Å²) < 4.78 is 0. The third kappa shape index (κ3) is 29.3. The summed E-state index contributed by atoms with van der Waals surface area (Å²) >= 11 is 0. The van der Waals surface area contributed by atoms with Crippen LogP contribution in [0.1, 0.15) is 187 Å². The molecule has 0 aromatic carbocycles. The van der Waals surface area contributed by atoms with Crippen molar-refractivity contribution < 1.29 is 20.1 Å². The average Bonchev–Trinajstić information content (AvgIpc) is 3.01. The summed E-state index contributed by atoms with van der Waals surface area (Å²) in [6.45, 7) is 4.15. The Morgan fingerprint density at radius 3 is 1.35 bits per heavy atom. The number of aliphatic hydroxyl groups excluding tert-OH is 3. The lowest BCUT2D eigenvalue weighted by Gasteiger charge is -2.21. The highest BCUT2D eigenvalue weighted by Crippen LogP contribution is 2.13. The molecule has 254 valence electrons. The summed E-state index contributed by atoms with van der Waals surface area (Å²) in [4.78, 5) is 12.4. The standard InChI is InChI=1S/C38H73NO4/c1-3-5-7-9-11-13-15-17-18-19-20-21-23-25-27-29-31-33-37(42)38(43)39-35(34-40)36(41)32-30-28-26-24-22-16-14-12-10-8-6-4-2/h20-21,30,32,35-37,40-42H,3-19,22-29,31,33-34H2,1-2H3,(H,39,43)/b21-20-,32-30+. The first-order chi connectivity index (χ1) is 21.1. The maximum atomic E-state index is 12.4. The van der Waals surface area contributed by atoms with Crippen LogP contribution in [0.5, 0.6) is 0 Å². The van der Waals surface area contributed by atoms with E-state index in [1.807, 2.05) is 6.08 Å². The van der Waals surface area contributed by atoms with Crippen LogP contribution >= 0.6 is 0 Å². The highest BCUT2D eigenvalue weighted by atomic mass is 16.3. The van der Waals surface area contributed by atoms with Crippen LogP contribution in [0.3, 0.4) is 0 Å². The van der Waals surface area contributed by atoms with Crippen molar-refractivity contribution in [1.29, 1.82) is 0 Å². The minimum absolute atomic E-state index is 0.366. The van der Waals surface area contributed by atoms with Gasteiger partial charge in [-0.2, -0.15) is 0 Å². The molecule has 5 nitrogen and oxygen atoms in total. The Morgan fingerprint density at radius 1 is 0.558 bits per heavy atom. The molecule has 5 heteroatoms. The van der Waals surface area contributed by atoms with Gasteiger partial charge in [-0.1, -0.05) is 167 Å². The number of carbonyl (C=O) groups is 1. The van der Waals surface area contributed by atoms with Crippen molar-refractivity contribution in [2.45, 2.75) is 205 Å². The Morgan fingerprint density at radius 2 is 0.930 bits per heavy atom. The van der Waals surface area contributed by atoms with Gasteiger partial charge in [-0.3, -0.25) is 4.79 Å². The number of rotatable bonds is 33. The van der Waals surface area contributed by atoms with E-state index in [9.17, 15) is 20.1 Å². The van der Waals surface area contributed by atoms with E-state index in [1.165, 1.54) is 122 Å². The van der Waals surface area contributed by atoms with E-state index in [4.69, 9.17) is 0 Å². The lowest BCUT2D eigenvalue weighted by molar-refractivity contribution is -0.131. The summed E-state index contributed by atoms with van der Waals surface area (Å²) in [5.41, 5.74) is 0. The molecule has 0 aliphatic carbocycles. The monoisotopic (exact) mass is 608 g/mol. The summed E-state index contributed by atoms with van der Waals surface area (Å²) in [6.07, 6.45) is 39.0. The van der Waals surface area contributed by atoms with Gasteiger partial charge in [0.15, 0.2) is 0 Å². The minimum Gasteiger partial charge on any atom is -0.394 e. The highest BCUT2D eigenvalue weighted by Gasteiger charge is 2.22. The molecular weight excluding hydrogens is 534 g/mol. The van der Waals surface area contributed by atoms with E-state index < -0.39 is 24.2 Å². The summed E-state index contributed by atoms with van der Waals surface area (Å²) in [6, 6.07) is -0.798. The second-order valence-corrected chi connectivity index (χ2v) is 12.8. The summed E-state index contributed by atoms with van der Waals surface area (Å²) in [5, 5.41) is 32.9. The third-order valence-electron chi connectivity index (χ3n) is 8.54. The maximum absolute atomic E-state index is 12.4. The average molecular weight is 608 g/mol. The van der Waals surface area contributed by atoms with Crippen molar-refractivity contribution in [3.05, 3.63) is 24.3 Å². The van der Waals surface area contributed by atoms with Gasteiger partial charge in [0.2, 0.25) is 5.91 Å². The molecule has 0 bridgehead atoms. The van der Waals surface area contributed by atoms with Crippen molar-refractivity contribution in [3.8, 4) is 0 Å². The molecule has 0 heterocycles. The third-order valence-corrected chi connectivity index (χ3v) is 8.54. The molecule has 0 aromatic heterocycles. The van der Waals surface area contributed by atoms with Gasteiger partial charge in [-0.15, -0.1) is 0 Å². The fraction of sp³-hybridized carbons (Fsp3) is 0.868. The van der Waals surface area contributed by atoms with Crippen LogP contribution in [0, 0.1) is 0 Å². The molecule has 0 aliphatic heterocycles. The van der Waals surface area contributed by atoms with E-state index in [0.29, 0.717) is 6.42 Å². The molecule has 0 fully saturated rings. The Labute approximate surface area is 267 Å². The van der Waals surface area contributed by atoms with Crippen molar-refractivity contribution in [3.63, 3.8) is 0 Å².